The molecule has 1 saturated heterocycles. The Bertz CT molecular complexity index is 500. The molecule has 1 atom stereocenters. The smallest absolute Gasteiger partial charge is 0.308 e. The Kier molecular flexibility index (Phi) is 4.26. The van der Waals surface area contributed by atoms with Gasteiger partial charge in [0.15, 0.2) is 0 Å². The molecule has 0 radical (unpaired) electrons. The van der Waals surface area contributed by atoms with Crippen molar-refractivity contribution < 1.29 is 14.3 Å². The Labute approximate surface area is 110 Å². The van der Waals surface area contributed by atoms with Gasteiger partial charge in [-0.15, -0.1) is 0 Å². The standard InChI is InChI=1S/C12H14N4O3/c1-18-11(17)6-10-8-16(4-5-19-10)12-14-3-2-9(7-13)15-12/h2-3,10H,4-6,8H2,1H3. The number of ether oxygens (including phenoxy) is 2. The Hall–Kier alpha value is -2.20. The van der Waals surface area contributed by atoms with E-state index in [0.717, 1.165) is 0 Å². The molecule has 1 fully saturated rings. The van der Waals surface area contributed by atoms with Crippen LogP contribution >= 0.6 is 0 Å². The van der Waals surface area contributed by atoms with Crippen molar-refractivity contribution in [3.8, 4) is 6.07 Å². The van der Waals surface area contributed by atoms with Crippen molar-refractivity contribution in [1.29, 1.82) is 5.26 Å². The summed E-state index contributed by atoms with van der Waals surface area (Å²) in [6, 6.07) is 3.53. The average Bonchev–Trinajstić information content (AvgIpc) is 2.47. The molecule has 7 nitrogen and oxygen atoms in total. The van der Waals surface area contributed by atoms with E-state index in [1.807, 2.05) is 11.0 Å². The lowest BCUT2D eigenvalue weighted by Gasteiger charge is -2.32. The van der Waals surface area contributed by atoms with Crippen molar-refractivity contribution in [1.82, 2.24) is 9.97 Å². The number of aromatic nitrogens is 2. The number of hydrogen-bond donors (Lipinski definition) is 0. The topological polar surface area (TPSA) is 88.3 Å². The second-order valence-electron chi connectivity index (χ2n) is 4.07. The Balaban J connectivity index is 2.04. The van der Waals surface area contributed by atoms with Crippen LogP contribution < -0.4 is 4.90 Å². The maximum atomic E-state index is 11.2. The zero-order valence-electron chi connectivity index (χ0n) is 10.6. The molecule has 0 spiro atoms. The van der Waals surface area contributed by atoms with Crippen LogP contribution in [-0.4, -0.2) is 48.8 Å². The molecule has 19 heavy (non-hydrogen) atoms. The minimum absolute atomic E-state index is 0.199. The molecular formula is C12H14N4O3. The zero-order chi connectivity index (χ0) is 13.7. The first-order valence-electron chi connectivity index (χ1n) is 5.89. The zero-order valence-corrected chi connectivity index (χ0v) is 10.6. The molecular weight excluding hydrogens is 248 g/mol. The van der Waals surface area contributed by atoms with E-state index in [9.17, 15) is 4.79 Å². The molecule has 0 saturated carbocycles. The maximum Gasteiger partial charge on any atom is 0.308 e. The van der Waals surface area contributed by atoms with E-state index in [-0.39, 0.29) is 18.5 Å². The molecule has 1 aliphatic heterocycles. The van der Waals surface area contributed by atoms with Gasteiger partial charge in [-0.3, -0.25) is 4.79 Å². The Morgan fingerprint density at radius 3 is 3.32 bits per heavy atom. The third-order valence-electron chi connectivity index (χ3n) is 2.80. The fraction of sp³-hybridized carbons (Fsp3) is 0.500. The molecule has 100 valence electrons. The molecule has 1 aromatic rings. The van der Waals surface area contributed by atoms with E-state index in [4.69, 9.17) is 10.00 Å². The van der Waals surface area contributed by atoms with Crippen LogP contribution in [0.4, 0.5) is 5.95 Å². The van der Waals surface area contributed by atoms with Gasteiger partial charge in [0.05, 0.1) is 26.2 Å². The number of anilines is 1. The first-order chi connectivity index (χ1) is 9.22. The number of methoxy groups -OCH3 is 1. The highest BCUT2D eigenvalue weighted by Crippen LogP contribution is 2.15. The van der Waals surface area contributed by atoms with Crippen LogP contribution in [-0.2, 0) is 14.3 Å². The first-order valence-corrected chi connectivity index (χ1v) is 5.89. The van der Waals surface area contributed by atoms with Gasteiger partial charge in [0.2, 0.25) is 5.95 Å². The summed E-state index contributed by atoms with van der Waals surface area (Å²) in [6.45, 7) is 1.62. The quantitative estimate of drug-likeness (QED) is 0.714. The number of hydrogen-bond acceptors (Lipinski definition) is 7. The lowest BCUT2D eigenvalue weighted by Crippen LogP contribution is -2.44. The summed E-state index contributed by atoms with van der Waals surface area (Å²) in [5.41, 5.74) is 0.320. The Morgan fingerprint density at radius 1 is 1.74 bits per heavy atom. The largest absolute Gasteiger partial charge is 0.469 e. The molecule has 0 N–H and O–H groups in total. The highest BCUT2D eigenvalue weighted by Gasteiger charge is 2.24. The monoisotopic (exact) mass is 262 g/mol. The summed E-state index contributed by atoms with van der Waals surface area (Å²) < 4.78 is 10.1. The van der Waals surface area contributed by atoms with Gasteiger partial charge >= 0.3 is 5.97 Å². The summed E-state index contributed by atoms with van der Waals surface area (Å²) in [6.07, 6.45) is 1.51. The summed E-state index contributed by atoms with van der Waals surface area (Å²) in [5.74, 6) is 0.177. The molecule has 0 aliphatic carbocycles. The summed E-state index contributed by atoms with van der Waals surface area (Å²) in [7, 11) is 1.35. The fourth-order valence-corrected chi connectivity index (χ4v) is 1.86. The molecule has 2 heterocycles. The summed E-state index contributed by atoms with van der Waals surface area (Å²) in [4.78, 5) is 21.4. The van der Waals surface area contributed by atoms with Crippen LogP contribution in [0.1, 0.15) is 12.1 Å². The van der Waals surface area contributed by atoms with Crippen molar-refractivity contribution >= 4 is 11.9 Å². The predicted octanol–water partition coefficient (Wildman–Crippen LogP) is 0.117. The molecule has 0 aromatic carbocycles. The number of nitrogens with zero attached hydrogens (tertiary/aromatic N) is 4. The van der Waals surface area contributed by atoms with Gasteiger partial charge in [0.25, 0.3) is 0 Å². The van der Waals surface area contributed by atoms with E-state index in [0.29, 0.717) is 31.3 Å². The number of morpholine rings is 1. The van der Waals surface area contributed by atoms with Crippen molar-refractivity contribution in [3.05, 3.63) is 18.0 Å². The molecule has 7 heteroatoms. The van der Waals surface area contributed by atoms with Gasteiger partial charge in [-0.1, -0.05) is 0 Å². The van der Waals surface area contributed by atoms with Crippen LogP contribution in [0.15, 0.2) is 12.3 Å². The fourth-order valence-electron chi connectivity index (χ4n) is 1.86. The molecule has 0 bridgehead atoms. The predicted molar refractivity (Wildman–Crippen MR) is 65.3 cm³/mol. The second-order valence-corrected chi connectivity index (χ2v) is 4.07. The lowest BCUT2D eigenvalue weighted by molar-refractivity contribution is -0.144. The SMILES string of the molecule is COC(=O)CC1CN(c2nccc(C#N)n2)CCO1. The van der Waals surface area contributed by atoms with Gasteiger partial charge in [-0.05, 0) is 6.07 Å². The first kappa shape index (κ1) is 13.2. The minimum Gasteiger partial charge on any atom is -0.469 e. The highest BCUT2D eigenvalue weighted by atomic mass is 16.5. The average molecular weight is 262 g/mol. The second kappa shape index (κ2) is 6.11. The van der Waals surface area contributed by atoms with Gasteiger partial charge in [0, 0.05) is 19.3 Å². The summed E-state index contributed by atoms with van der Waals surface area (Å²) in [5, 5.41) is 8.82. The van der Waals surface area contributed by atoms with E-state index in [1.54, 1.807) is 12.3 Å². The van der Waals surface area contributed by atoms with E-state index < -0.39 is 0 Å². The van der Waals surface area contributed by atoms with Crippen molar-refractivity contribution in [3.63, 3.8) is 0 Å². The van der Waals surface area contributed by atoms with Crippen molar-refractivity contribution in [2.75, 3.05) is 31.7 Å². The molecule has 0 amide bonds. The summed E-state index contributed by atoms with van der Waals surface area (Å²) >= 11 is 0. The van der Waals surface area contributed by atoms with E-state index in [2.05, 4.69) is 14.7 Å². The highest BCUT2D eigenvalue weighted by molar-refractivity contribution is 5.69. The van der Waals surface area contributed by atoms with Gasteiger partial charge in [0.1, 0.15) is 11.8 Å². The lowest BCUT2D eigenvalue weighted by atomic mass is 10.2. The van der Waals surface area contributed by atoms with Crippen LogP contribution in [0.5, 0.6) is 0 Å². The number of rotatable bonds is 3. The molecule has 1 unspecified atom stereocenters. The van der Waals surface area contributed by atoms with Gasteiger partial charge in [-0.2, -0.15) is 5.26 Å². The van der Waals surface area contributed by atoms with E-state index in [1.165, 1.54) is 7.11 Å². The van der Waals surface area contributed by atoms with E-state index >= 15 is 0 Å². The number of carbonyl (C=O) groups excluding carboxylic acids is 1. The van der Waals surface area contributed by atoms with Gasteiger partial charge < -0.3 is 14.4 Å². The normalized spacial score (nSPS) is 18.7. The third kappa shape index (κ3) is 3.39. The number of esters is 1. The molecule has 1 aliphatic rings. The number of carbonyl (C=O) groups is 1. The van der Waals surface area contributed by atoms with Crippen LogP contribution in [0, 0.1) is 11.3 Å². The van der Waals surface area contributed by atoms with Crippen LogP contribution in [0.25, 0.3) is 0 Å². The molecule has 1 aromatic heterocycles. The van der Waals surface area contributed by atoms with Crippen molar-refractivity contribution in [2.45, 2.75) is 12.5 Å². The molecule has 2 rings (SSSR count). The maximum absolute atomic E-state index is 11.2. The van der Waals surface area contributed by atoms with Crippen LogP contribution in [0.3, 0.4) is 0 Å². The van der Waals surface area contributed by atoms with Gasteiger partial charge in [-0.25, -0.2) is 9.97 Å². The Morgan fingerprint density at radius 2 is 2.58 bits per heavy atom. The van der Waals surface area contributed by atoms with Crippen molar-refractivity contribution in [2.24, 2.45) is 0 Å². The third-order valence-corrected chi connectivity index (χ3v) is 2.80. The minimum atomic E-state index is -0.307. The van der Waals surface area contributed by atoms with Crippen LogP contribution in [0.2, 0.25) is 0 Å². The number of nitriles is 1.